The Labute approximate surface area is 274 Å². The molecule has 6 N–H and O–H groups in total. The van der Waals surface area contributed by atoms with Gasteiger partial charge in [0.25, 0.3) is 0 Å². The maximum Gasteiger partial charge on any atom is 0.469 e. The number of carbonyl (C=O) groups excluding carboxylic acids is 2. The lowest BCUT2D eigenvalue weighted by atomic mass is 9.86. The van der Waals surface area contributed by atoms with Gasteiger partial charge in [0.05, 0.1) is 6.10 Å². The molecule has 0 bridgehead atoms. The predicted molar refractivity (Wildman–Crippen MR) is 176 cm³/mol. The molecule has 0 spiro atoms. The van der Waals surface area contributed by atoms with Gasteiger partial charge in [-0.3, -0.25) is 9.32 Å². The van der Waals surface area contributed by atoms with Crippen molar-refractivity contribution in [1.29, 1.82) is 0 Å². The molecule has 1 unspecified atom stereocenters. The van der Waals surface area contributed by atoms with Crippen molar-refractivity contribution in [3.63, 3.8) is 0 Å². The van der Waals surface area contributed by atoms with Gasteiger partial charge < -0.3 is 35.2 Å². The van der Waals surface area contributed by atoms with Crippen LogP contribution >= 0.6 is 7.82 Å². The van der Waals surface area contributed by atoms with E-state index in [0.29, 0.717) is 18.8 Å². The zero-order valence-corrected chi connectivity index (χ0v) is 28.5. The summed E-state index contributed by atoms with van der Waals surface area (Å²) < 4.78 is 27.9. The van der Waals surface area contributed by atoms with E-state index in [-0.39, 0.29) is 43.3 Å². The molecule has 0 amide bonds. The fraction of sp³-hybridized carbons (Fsp3) is 0.706. The first-order chi connectivity index (χ1) is 21.7. The third kappa shape index (κ3) is 15.7. The monoisotopic (exact) mass is 669 g/mol. The summed E-state index contributed by atoms with van der Waals surface area (Å²) >= 11 is 0. The number of hydrogen-bond donors (Lipinski definition) is 5. The van der Waals surface area contributed by atoms with Gasteiger partial charge in [-0.1, -0.05) is 76.5 Å². The number of aliphatic hydroxyl groups is 2. The predicted octanol–water partition coefficient (Wildman–Crippen LogP) is 5.18. The Hall–Kier alpha value is -2.11. The quantitative estimate of drug-likeness (QED) is 0.0378. The van der Waals surface area contributed by atoms with Crippen LogP contribution in [0.5, 0.6) is 0 Å². The van der Waals surface area contributed by atoms with Gasteiger partial charge in [0.1, 0.15) is 23.9 Å². The highest BCUT2D eigenvalue weighted by molar-refractivity contribution is 7.46. The van der Waals surface area contributed by atoms with Crippen LogP contribution in [0.2, 0.25) is 0 Å². The van der Waals surface area contributed by atoms with Gasteiger partial charge in [0.2, 0.25) is 0 Å². The Kier molecular flexibility index (Phi) is 17.7. The summed E-state index contributed by atoms with van der Waals surface area (Å²) in [4.78, 5) is 43.3. The zero-order chi connectivity index (χ0) is 34.2. The molecule has 1 aliphatic heterocycles. The van der Waals surface area contributed by atoms with Gasteiger partial charge in [-0.2, -0.15) is 0 Å². The lowest BCUT2D eigenvalue weighted by Crippen LogP contribution is -2.45. The zero-order valence-electron chi connectivity index (χ0n) is 27.6. The third-order valence-electron chi connectivity index (χ3n) is 8.48. The van der Waals surface area contributed by atoms with Gasteiger partial charge in [-0.05, 0) is 69.4 Å². The van der Waals surface area contributed by atoms with Crippen molar-refractivity contribution in [2.45, 2.75) is 128 Å². The Morgan fingerprint density at radius 1 is 1.20 bits per heavy atom. The summed E-state index contributed by atoms with van der Waals surface area (Å²) in [7, 11) is -5.08. The van der Waals surface area contributed by atoms with Crippen LogP contribution < -0.4 is 5.73 Å². The smallest absolute Gasteiger partial charge is 0.462 e. The van der Waals surface area contributed by atoms with Crippen LogP contribution in [0.4, 0.5) is 0 Å². The minimum absolute atomic E-state index is 0.0475. The second-order valence-corrected chi connectivity index (χ2v) is 14.1. The molecule has 46 heavy (non-hydrogen) atoms. The van der Waals surface area contributed by atoms with E-state index in [4.69, 9.17) is 19.7 Å². The van der Waals surface area contributed by atoms with Crippen LogP contribution in [0, 0.1) is 17.8 Å². The molecule has 262 valence electrons. The maximum atomic E-state index is 12.3. The molecule has 12 heteroatoms. The van der Waals surface area contributed by atoms with Gasteiger partial charge in [-0.15, -0.1) is 0 Å². The van der Waals surface area contributed by atoms with Gasteiger partial charge >= 0.3 is 19.8 Å². The van der Waals surface area contributed by atoms with Crippen molar-refractivity contribution in [3.8, 4) is 0 Å². The molecule has 2 aliphatic rings. The molecule has 0 aromatic rings. The molecular formula is C34H56NO10P. The van der Waals surface area contributed by atoms with E-state index in [2.05, 4.69) is 13.8 Å². The fourth-order valence-electron chi connectivity index (χ4n) is 5.89. The molecule has 7 atom stereocenters. The largest absolute Gasteiger partial charge is 0.469 e. The number of allylic oxidation sites excluding steroid dienone is 3. The Morgan fingerprint density at radius 3 is 2.63 bits per heavy atom. The van der Waals surface area contributed by atoms with Crippen molar-refractivity contribution in [1.82, 2.24) is 0 Å². The standard InChI is InChI=1S/C34H56NO10P/c1-4-27-17-18-33(38)44-30(27)19-20-34(39,21-22-35)31(45-46(40,41)42)24-28(36)14-9-8-12-26-13-10-15-29(23-26)43-32(37)16-7-5-6-11-25(2)3/h8-9,12,14,17-20,25-31,36,39H,4-7,10-11,13,15-16,21-24,35H2,1-3H3,(H2,40,41,42)/b12-8-,14-9-,20-19+/t26-,27?,28+,29+,30+,31-,34+/m1/s1. The van der Waals surface area contributed by atoms with Gasteiger partial charge in [0.15, 0.2) is 0 Å². The number of aliphatic hydroxyl groups excluding tert-OH is 1. The lowest BCUT2D eigenvalue weighted by Gasteiger charge is -2.35. The van der Waals surface area contributed by atoms with Gasteiger partial charge in [-0.25, -0.2) is 9.36 Å². The highest BCUT2D eigenvalue weighted by Gasteiger charge is 2.40. The summed E-state index contributed by atoms with van der Waals surface area (Å²) in [6.45, 7) is 6.26. The number of rotatable bonds is 20. The van der Waals surface area contributed by atoms with E-state index in [1.807, 2.05) is 13.0 Å². The number of ether oxygens (including phenoxy) is 2. The molecule has 1 aliphatic carbocycles. The first kappa shape index (κ1) is 40.1. The van der Waals surface area contributed by atoms with Gasteiger partial charge in [0, 0.05) is 24.8 Å². The summed E-state index contributed by atoms with van der Waals surface area (Å²) in [5.41, 5.74) is 3.75. The van der Waals surface area contributed by atoms with Crippen LogP contribution in [0.25, 0.3) is 0 Å². The normalized spacial score (nSPS) is 25.3. The van der Waals surface area contributed by atoms with Crippen LogP contribution in [-0.2, 0) is 28.2 Å². The number of phosphoric ester groups is 1. The molecule has 0 aromatic heterocycles. The molecule has 1 heterocycles. The Balaban J connectivity index is 1.98. The van der Waals surface area contributed by atoms with E-state index >= 15 is 0 Å². The van der Waals surface area contributed by atoms with Crippen LogP contribution in [0.15, 0.2) is 48.6 Å². The molecule has 2 rings (SSSR count). The maximum absolute atomic E-state index is 12.3. The third-order valence-corrected chi connectivity index (χ3v) is 9.01. The van der Waals surface area contributed by atoms with E-state index in [1.54, 1.807) is 18.2 Å². The SMILES string of the molecule is CCC1C=CC(=O)O[C@H]1/C=C/[C@](O)(CCN)[C@@H](C[C@@H](O)/C=C\C=C/[C@@H]1CCC[C@H](OC(=O)CCCCCC(C)C)C1)OP(=O)(O)O. The van der Waals surface area contributed by atoms with Crippen LogP contribution in [-0.4, -0.2) is 68.5 Å². The number of phosphoric acid groups is 1. The molecule has 0 saturated heterocycles. The van der Waals surface area contributed by atoms with E-state index in [0.717, 1.165) is 44.9 Å². The second kappa shape index (κ2) is 20.3. The average molecular weight is 670 g/mol. The number of carbonyl (C=O) groups is 2. The van der Waals surface area contributed by atoms with E-state index < -0.39 is 37.7 Å². The molecule has 0 radical (unpaired) electrons. The summed E-state index contributed by atoms with van der Waals surface area (Å²) in [6.07, 6.45) is 17.4. The summed E-state index contributed by atoms with van der Waals surface area (Å²) in [5.74, 6) is 0.0638. The van der Waals surface area contributed by atoms with Crippen molar-refractivity contribution in [2.24, 2.45) is 23.5 Å². The molecule has 11 nitrogen and oxygen atoms in total. The number of nitrogens with two attached hydrogens (primary N) is 1. The van der Waals surface area contributed by atoms with E-state index in [9.17, 15) is 34.2 Å². The number of unbranched alkanes of at least 4 members (excludes halogenated alkanes) is 2. The van der Waals surface area contributed by atoms with Crippen LogP contribution in [0.1, 0.15) is 97.8 Å². The molecule has 1 saturated carbocycles. The first-order valence-corrected chi connectivity index (χ1v) is 18.2. The Bertz CT molecular complexity index is 1100. The first-order valence-electron chi connectivity index (χ1n) is 16.7. The highest BCUT2D eigenvalue weighted by Crippen LogP contribution is 2.42. The van der Waals surface area contributed by atoms with Crippen molar-refractivity contribution >= 4 is 19.8 Å². The Morgan fingerprint density at radius 2 is 1.96 bits per heavy atom. The van der Waals surface area contributed by atoms with Crippen molar-refractivity contribution in [2.75, 3.05) is 6.54 Å². The molecular weight excluding hydrogens is 613 g/mol. The average Bonchev–Trinajstić information content (AvgIpc) is 2.97. The minimum Gasteiger partial charge on any atom is -0.462 e. The van der Waals surface area contributed by atoms with Crippen molar-refractivity contribution < 1.29 is 48.2 Å². The van der Waals surface area contributed by atoms with Crippen molar-refractivity contribution in [3.05, 3.63) is 48.6 Å². The highest BCUT2D eigenvalue weighted by atomic mass is 31.2. The number of cyclic esters (lactones) is 1. The summed E-state index contributed by atoms with van der Waals surface area (Å²) in [6, 6.07) is 0. The lowest BCUT2D eigenvalue weighted by molar-refractivity contribution is -0.151. The molecule has 1 fully saturated rings. The molecule has 0 aromatic carbocycles. The fourth-order valence-corrected chi connectivity index (χ4v) is 6.49. The minimum atomic E-state index is -5.08. The second-order valence-electron chi connectivity index (χ2n) is 12.9. The van der Waals surface area contributed by atoms with Crippen LogP contribution in [0.3, 0.4) is 0 Å². The number of esters is 2. The summed E-state index contributed by atoms with van der Waals surface area (Å²) in [5, 5.41) is 22.2. The van der Waals surface area contributed by atoms with E-state index in [1.165, 1.54) is 30.7 Å². The number of hydrogen-bond acceptors (Lipinski definition) is 9. The topological polar surface area (TPSA) is 186 Å².